The molecule has 26 heavy (non-hydrogen) atoms. The summed E-state index contributed by atoms with van der Waals surface area (Å²) in [6.45, 7) is 11.5. The molecule has 0 spiro atoms. The fourth-order valence-electron chi connectivity index (χ4n) is 3.15. The Morgan fingerprint density at radius 3 is 2.35 bits per heavy atom. The molecule has 0 bridgehead atoms. The second kappa shape index (κ2) is 11.6. The molecule has 0 aromatic heterocycles. The molecule has 6 heteroatoms. The van der Waals surface area contributed by atoms with E-state index >= 15 is 0 Å². The Kier molecular flexibility index (Phi) is 10.3. The topological polar surface area (TPSA) is 48.9 Å². The molecule has 0 radical (unpaired) electrons. The zero-order valence-corrected chi connectivity index (χ0v) is 19.0. The number of methoxy groups -OCH3 is 1. The number of nitrogens with one attached hydrogen (secondary N) is 2. The maximum Gasteiger partial charge on any atom is 0.191 e. The van der Waals surface area contributed by atoms with Gasteiger partial charge in [0.15, 0.2) is 5.96 Å². The highest BCUT2D eigenvalue weighted by atomic mass is 127. The number of nitrogens with zero attached hydrogens (tertiary/aromatic N) is 2. The lowest BCUT2D eigenvalue weighted by Crippen LogP contribution is -2.54. The van der Waals surface area contributed by atoms with Gasteiger partial charge in [0.25, 0.3) is 0 Å². The van der Waals surface area contributed by atoms with E-state index in [0.29, 0.717) is 6.54 Å². The van der Waals surface area contributed by atoms with Crippen LogP contribution in [0.15, 0.2) is 29.3 Å². The van der Waals surface area contributed by atoms with Crippen LogP contribution in [0.4, 0.5) is 0 Å². The Bertz CT molecular complexity index is 539. The van der Waals surface area contributed by atoms with Crippen LogP contribution in [0.3, 0.4) is 0 Å². The Balaban J connectivity index is 0.00000338. The molecule has 2 N–H and O–H groups in total. The first-order valence-electron chi connectivity index (χ1n) is 9.45. The zero-order valence-electron chi connectivity index (χ0n) is 16.7. The molecule has 0 aliphatic carbocycles. The molecule has 1 heterocycles. The van der Waals surface area contributed by atoms with Crippen LogP contribution in [0, 0.1) is 0 Å². The summed E-state index contributed by atoms with van der Waals surface area (Å²) in [7, 11) is 1.68. The van der Waals surface area contributed by atoms with Crippen LogP contribution in [-0.2, 0) is 6.54 Å². The summed E-state index contributed by atoms with van der Waals surface area (Å²) in [4.78, 5) is 7.32. The van der Waals surface area contributed by atoms with Crippen LogP contribution in [-0.4, -0.2) is 49.7 Å². The maximum atomic E-state index is 5.20. The minimum Gasteiger partial charge on any atom is -0.497 e. The lowest BCUT2D eigenvalue weighted by Gasteiger charge is -2.41. The number of piperidine rings is 1. The molecular formula is C20H35IN4O. The maximum absolute atomic E-state index is 5.20. The van der Waals surface area contributed by atoms with E-state index in [1.165, 1.54) is 37.9 Å². The number of hydrogen-bond acceptors (Lipinski definition) is 3. The van der Waals surface area contributed by atoms with Crippen molar-refractivity contribution in [2.45, 2.75) is 52.1 Å². The van der Waals surface area contributed by atoms with Gasteiger partial charge in [-0.3, -0.25) is 4.90 Å². The van der Waals surface area contributed by atoms with Crippen LogP contribution in [0.2, 0.25) is 0 Å². The lowest BCUT2D eigenvalue weighted by molar-refractivity contribution is 0.0982. The third kappa shape index (κ3) is 7.31. The number of likely N-dealkylation sites (tertiary alicyclic amines) is 1. The van der Waals surface area contributed by atoms with Gasteiger partial charge in [-0.25, -0.2) is 4.99 Å². The van der Waals surface area contributed by atoms with Gasteiger partial charge >= 0.3 is 0 Å². The van der Waals surface area contributed by atoms with E-state index < -0.39 is 0 Å². The minimum atomic E-state index is 0. The quantitative estimate of drug-likeness (QED) is 0.360. The predicted octanol–water partition coefficient (Wildman–Crippen LogP) is 3.63. The molecule has 0 saturated carbocycles. The van der Waals surface area contributed by atoms with Gasteiger partial charge in [-0.05, 0) is 64.4 Å². The first-order valence-corrected chi connectivity index (χ1v) is 9.45. The summed E-state index contributed by atoms with van der Waals surface area (Å²) in [5.74, 6) is 1.75. The van der Waals surface area contributed by atoms with E-state index in [9.17, 15) is 0 Å². The molecule has 1 aliphatic heterocycles. The molecular weight excluding hydrogens is 439 g/mol. The van der Waals surface area contributed by atoms with Crippen molar-refractivity contribution in [1.82, 2.24) is 15.5 Å². The van der Waals surface area contributed by atoms with Crippen molar-refractivity contribution >= 4 is 29.9 Å². The molecule has 148 valence electrons. The molecule has 1 fully saturated rings. The summed E-state index contributed by atoms with van der Waals surface area (Å²) in [5, 5.41) is 6.87. The van der Waals surface area contributed by atoms with Gasteiger partial charge in [-0.15, -0.1) is 24.0 Å². The number of guanidine groups is 1. The highest BCUT2D eigenvalue weighted by molar-refractivity contribution is 14.0. The van der Waals surface area contributed by atoms with Crippen LogP contribution < -0.4 is 15.4 Å². The van der Waals surface area contributed by atoms with E-state index in [0.717, 1.165) is 24.8 Å². The second-order valence-electron chi connectivity index (χ2n) is 7.26. The van der Waals surface area contributed by atoms with E-state index in [1.807, 2.05) is 12.1 Å². The number of aliphatic imine (C=N–C) groups is 1. The lowest BCUT2D eigenvalue weighted by atomic mass is 9.98. The van der Waals surface area contributed by atoms with Gasteiger partial charge in [-0.2, -0.15) is 0 Å². The number of hydrogen-bond donors (Lipinski definition) is 2. The average molecular weight is 474 g/mol. The molecule has 1 aromatic carbocycles. The third-order valence-electron chi connectivity index (χ3n) is 4.82. The molecule has 1 saturated heterocycles. The smallest absolute Gasteiger partial charge is 0.191 e. The summed E-state index contributed by atoms with van der Waals surface area (Å²) in [6, 6.07) is 8.07. The van der Waals surface area contributed by atoms with E-state index in [4.69, 9.17) is 9.73 Å². The van der Waals surface area contributed by atoms with Gasteiger partial charge < -0.3 is 15.4 Å². The standard InChI is InChI=1S/C20H34N4O.HI/c1-5-21-19(22-15-17-9-11-18(25-4)12-10-17)23-16-20(2,3)24-13-7-6-8-14-24;/h9-12H,5-8,13-16H2,1-4H3,(H2,21,22,23);1H. The SMILES string of the molecule is CCNC(=NCc1ccc(OC)cc1)NCC(C)(C)N1CCCCC1.I. The highest BCUT2D eigenvalue weighted by Crippen LogP contribution is 2.19. The van der Waals surface area contributed by atoms with Gasteiger partial charge in [0.1, 0.15) is 5.75 Å². The molecule has 5 nitrogen and oxygen atoms in total. The predicted molar refractivity (Wildman–Crippen MR) is 121 cm³/mol. The van der Waals surface area contributed by atoms with E-state index in [-0.39, 0.29) is 29.5 Å². The van der Waals surface area contributed by atoms with Crippen LogP contribution in [0.1, 0.15) is 45.6 Å². The van der Waals surface area contributed by atoms with Gasteiger partial charge in [-0.1, -0.05) is 18.6 Å². The van der Waals surface area contributed by atoms with Gasteiger partial charge in [0.2, 0.25) is 0 Å². The Morgan fingerprint density at radius 2 is 1.77 bits per heavy atom. The van der Waals surface area contributed by atoms with Gasteiger partial charge in [0.05, 0.1) is 13.7 Å². The number of halogens is 1. The van der Waals surface area contributed by atoms with Crippen molar-refractivity contribution in [2.75, 3.05) is 33.3 Å². The van der Waals surface area contributed by atoms with Crippen LogP contribution in [0.25, 0.3) is 0 Å². The second-order valence-corrected chi connectivity index (χ2v) is 7.26. The summed E-state index contributed by atoms with van der Waals surface area (Å²) >= 11 is 0. The fourth-order valence-corrected chi connectivity index (χ4v) is 3.15. The van der Waals surface area contributed by atoms with E-state index in [1.54, 1.807) is 7.11 Å². The molecule has 0 amide bonds. The zero-order chi connectivity index (χ0) is 18.1. The number of rotatable bonds is 7. The normalized spacial score (nSPS) is 15.9. The van der Waals surface area contributed by atoms with Crippen LogP contribution in [0.5, 0.6) is 5.75 Å². The Morgan fingerprint density at radius 1 is 1.12 bits per heavy atom. The Labute approximate surface area is 176 Å². The molecule has 0 unspecified atom stereocenters. The number of benzene rings is 1. The third-order valence-corrected chi connectivity index (χ3v) is 4.82. The average Bonchev–Trinajstić information content (AvgIpc) is 2.65. The highest BCUT2D eigenvalue weighted by Gasteiger charge is 2.27. The minimum absolute atomic E-state index is 0. The molecule has 1 aliphatic rings. The summed E-state index contributed by atoms with van der Waals surface area (Å²) in [6.07, 6.45) is 4.00. The summed E-state index contributed by atoms with van der Waals surface area (Å²) in [5.41, 5.74) is 1.31. The fraction of sp³-hybridized carbons (Fsp3) is 0.650. The monoisotopic (exact) mass is 474 g/mol. The molecule has 1 aromatic rings. The first kappa shape index (κ1) is 23.0. The van der Waals surface area contributed by atoms with Crippen molar-refractivity contribution in [3.63, 3.8) is 0 Å². The van der Waals surface area contributed by atoms with Crippen molar-refractivity contribution in [1.29, 1.82) is 0 Å². The van der Waals surface area contributed by atoms with Crippen molar-refractivity contribution in [2.24, 2.45) is 4.99 Å². The summed E-state index contributed by atoms with van der Waals surface area (Å²) < 4.78 is 5.20. The molecule has 2 rings (SSSR count). The molecule has 0 atom stereocenters. The van der Waals surface area contributed by atoms with Crippen molar-refractivity contribution in [3.8, 4) is 5.75 Å². The Hall–Kier alpha value is -1.02. The largest absolute Gasteiger partial charge is 0.497 e. The van der Waals surface area contributed by atoms with Gasteiger partial charge in [0, 0.05) is 18.6 Å². The van der Waals surface area contributed by atoms with Crippen molar-refractivity contribution in [3.05, 3.63) is 29.8 Å². The first-order chi connectivity index (χ1) is 12.0. The van der Waals surface area contributed by atoms with Crippen LogP contribution >= 0.6 is 24.0 Å². The number of ether oxygens (including phenoxy) is 1. The van der Waals surface area contributed by atoms with E-state index in [2.05, 4.69) is 48.4 Å². The van der Waals surface area contributed by atoms with Crippen molar-refractivity contribution < 1.29 is 4.74 Å².